The molecular formula is C18H18FNO4. The zero-order chi connectivity index (χ0) is 16.4. The Morgan fingerprint density at radius 3 is 2.83 bits per heavy atom. The molecule has 5 nitrogen and oxygen atoms in total. The molecule has 2 aromatic carbocycles. The molecule has 2 bridgehead atoms. The maximum atomic E-state index is 13.0. The van der Waals surface area contributed by atoms with Crippen molar-refractivity contribution in [3.05, 3.63) is 53.8 Å². The summed E-state index contributed by atoms with van der Waals surface area (Å²) in [7, 11) is 0. The van der Waals surface area contributed by atoms with Crippen LogP contribution in [0.4, 0.5) is 4.39 Å². The van der Waals surface area contributed by atoms with Gasteiger partial charge >= 0.3 is 0 Å². The van der Waals surface area contributed by atoms with Crippen molar-refractivity contribution in [3.8, 4) is 17.2 Å². The van der Waals surface area contributed by atoms with E-state index in [1.807, 2.05) is 12.1 Å². The second-order valence-corrected chi connectivity index (χ2v) is 5.78. The molecule has 0 spiro atoms. The standard InChI is InChI=1S/C18H18FNO4/c19-13-3-1-12(2-4-13)18-9-20-8-15(24-18)10-21-16-6-5-14-7-17(16)23-11-22-14/h1-7,15,18,20H,8-11H2/t15-,18-/m0/s1. The van der Waals surface area contributed by atoms with E-state index < -0.39 is 0 Å². The van der Waals surface area contributed by atoms with Crippen LogP contribution in [0, 0.1) is 5.82 Å². The highest BCUT2D eigenvalue weighted by Gasteiger charge is 2.24. The summed E-state index contributed by atoms with van der Waals surface area (Å²) >= 11 is 0. The van der Waals surface area contributed by atoms with Crippen molar-refractivity contribution in [2.45, 2.75) is 12.2 Å². The number of nitrogens with one attached hydrogen (secondary N) is 1. The van der Waals surface area contributed by atoms with Crippen LogP contribution in [-0.2, 0) is 4.74 Å². The van der Waals surface area contributed by atoms with Crippen molar-refractivity contribution in [1.29, 1.82) is 0 Å². The first-order valence-corrected chi connectivity index (χ1v) is 7.92. The van der Waals surface area contributed by atoms with E-state index in [0.29, 0.717) is 31.2 Å². The lowest BCUT2D eigenvalue weighted by Crippen LogP contribution is -2.43. The maximum Gasteiger partial charge on any atom is 0.231 e. The molecule has 0 radical (unpaired) electrons. The first-order chi connectivity index (χ1) is 11.8. The van der Waals surface area contributed by atoms with Gasteiger partial charge in [-0.15, -0.1) is 0 Å². The average molecular weight is 331 g/mol. The molecule has 1 saturated heterocycles. The molecule has 6 heteroatoms. The fourth-order valence-electron chi connectivity index (χ4n) is 2.83. The third-order valence-electron chi connectivity index (χ3n) is 4.08. The average Bonchev–Trinajstić information content (AvgIpc) is 2.62. The van der Waals surface area contributed by atoms with Crippen LogP contribution in [0.3, 0.4) is 0 Å². The van der Waals surface area contributed by atoms with Crippen LogP contribution in [0.5, 0.6) is 17.2 Å². The van der Waals surface area contributed by atoms with Gasteiger partial charge < -0.3 is 24.3 Å². The van der Waals surface area contributed by atoms with Crippen LogP contribution in [0.1, 0.15) is 11.7 Å². The number of ether oxygens (including phenoxy) is 4. The largest absolute Gasteiger partial charge is 0.487 e. The quantitative estimate of drug-likeness (QED) is 0.933. The Balaban J connectivity index is 1.37. The SMILES string of the molecule is Fc1ccc([C@@H]2CNC[C@@H](COc3ccc4cc3OCO4)O2)cc1. The van der Waals surface area contributed by atoms with Gasteiger partial charge in [0.15, 0.2) is 11.5 Å². The Bertz CT molecular complexity index is 707. The lowest BCUT2D eigenvalue weighted by Gasteiger charge is -2.31. The monoisotopic (exact) mass is 331 g/mol. The van der Waals surface area contributed by atoms with E-state index in [0.717, 1.165) is 11.3 Å². The molecule has 1 fully saturated rings. The van der Waals surface area contributed by atoms with E-state index in [1.165, 1.54) is 12.1 Å². The highest BCUT2D eigenvalue weighted by molar-refractivity contribution is 5.46. The number of hydrogen-bond acceptors (Lipinski definition) is 5. The molecule has 4 rings (SSSR count). The third kappa shape index (κ3) is 3.29. The van der Waals surface area contributed by atoms with E-state index in [2.05, 4.69) is 5.32 Å². The first-order valence-electron chi connectivity index (χ1n) is 7.92. The van der Waals surface area contributed by atoms with Gasteiger partial charge in [-0.25, -0.2) is 4.39 Å². The van der Waals surface area contributed by atoms with E-state index in [-0.39, 0.29) is 24.8 Å². The van der Waals surface area contributed by atoms with Crippen LogP contribution in [0.15, 0.2) is 42.5 Å². The van der Waals surface area contributed by atoms with Crippen LogP contribution in [0.25, 0.3) is 0 Å². The minimum atomic E-state index is -0.246. The summed E-state index contributed by atoms with van der Waals surface area (Å²) in [5.41, 5.74) is 0.952. The highest BCUT2D eigenvalue weighted by atomic mass is 19.1. The fraction of sp³-hybridized carbons (Fsp3) is 0.333. The lowest BCUT2D eigenvalue weighted by atomic mass is 10.1. The minimum Gasteiger partial charge on any atom is -0.487 e. The Morgan fingerprint density at radius 2 is 1.96 bits per heavy atom. The van der Waals surface area contributed by atoms with Gasteiger partial charge in [0.2, 0.25) is 6.79 Å². The molecule has 24 heavy (non-hydrogen) atoms. The number of fused-ring (bicyclic) bond motifs is 2. The fourth-order valence-corrected chi connectivity index (χ4v) is 2.83. The molecule has 0 saturated carbocycles. The van der Waals surface area contributed by atoms with Gasteiger partial charge in [-0.3, -0.25) is 0 Å². The first kappa shape index (κ1) is 15.2. The van der Waals surface area contributed by atoms with Crippen LogP contribution in [0.2, 0.25) is 0 Å². The molecule has 2 heterocycles. The van der Waals surface area contributed by atoms with Crippen LogP contribution in [-0.4, -0.2) is 32.6 Å². The minimum absolute atomic E-state index is 0.0967. The molecule has 2 aromatic rings. The Labute approximate surface area is 139 Å². The van der Waals surface area contributed by atoms with Crippen molar-refractivity contribution in [2.24, 2.45) is 0 Å². The molecule has 1 N–H and O–H groups in total. The number of rotatable bonds is 4. The van der Waals surface area contributed by atoms with Crippen molar-refractivity contribution in [3.63, 3.8) is 0 Å². The Hall–Kier alpha value is -2.31. The third-order valence-corrected chi connectivity index (χ3v) is 4.08. The van der Waals surface area contributed by atoms with Crippen molar-refractivity contribution < 1.29 is 23.3 Å². The van der Waals surface area contributed by atoms with Crippen molar-refractivity contribution in [1.82, 2.24) is 5.32 Å². The highest BCUT2D eigenvalue weighted by Crippen LogP contribution is 2.34. The summed E-state index contributed by atoms with van der Waals surface area (Å²) < 4.78 is 35.7. The molecule has 0 unspecified atom stereocenters. The van der Waals surface area contributed by atoms with Gasteiger partial charge in [0.1, 0.15) is 24.3 Å². The molecule has 2 aliphatic heterocycles. The lowest BCUT2D eigenvalue weighted by molar-refractivity contribution is -0.0580. The van der Waals surface area contributed by atoms with Crippen LogP contribution < -0.4 is 19.5 Å². The summed E-state index contributed by atoms with van der Waals surface area (Å²) in [6.07, 6.45) is -0.209. The van der Waals surface area contributed by atoms with E-state index >= 15 is 0 Å². The molecule has 0 aromatic heterocycles. The summed E-state index contributed by atoms with van der Waals surface area (Å²) in [5.74, 6) is 1.88. The number of benzene rings is 2. The summed E-state index contributed by atoms with van der Waals surface area (Å²) in [6.45, 7) is 2.01. The van der Waals surface area contributed by atoms with Gasteiger partial charge in [-0.05, 0) is 29.8 Å². The van der Waals surface area contributed by atoms with Crippen molar-refractivity contribution >= 4 is 0 Å². The van der Waals surface area contributed by atoms with Gasteiger partial charge in [0.05, 0.1) is 6.10 Å². The second-order valence-electron chi connectivity index (χ2n) is 5.78. The Morgan fingerprint density at radius 1 is 1.08 bits per heavy atom. The maximum absolute atomic E-state index is 13.0. The van der Waals surface area contributed by atoms with Gasteiger partial charge in [0.25, 0.3) is 0 Å². The number of halogens is 1. The predicted molar refractivity (Wildman–Crippen MR) is 84.9 cm³/mol. The molecule has 126 valence electrons. The smallest absolute Gasteiger partial charge is 0.231 e. The normalized spacial score (nSPS) is 22.4. The zero-order valence-electron chi connectivity index (χ0n) is 13.0. The summed E-state index contributed by atoms with van der Waals surface area (Å²) in [4.78, 5) is 0. The number of hydrogen-bond donors (Lipinski definition) is 1. The summed E-state index contributed by atoms with van der Waals surface area (Å²) in [6, 6.07) is 11.9. The van der Waals surface area contributed by atoms with Gasteiger partial charge in [0, 0.05) is 19.2 Å². The van der Waals surface area contributed by atoms with Crippen LogP contribution >= 0.6 is 0 Å². The zero-order valence-corrected chi connectivity index (χ0v) is 13.0. The molecule has 0 aliphatic carbocycles. The van der Waals surface area contributed by atoms with Gasteiger partial charge in [-0.2, -0.15) is 0 Å². The number of morpholine rings is 1. The van der Waals surface area contributed by atoms with Gasteiger partial charge in [-0.1, -0.05) is 12.1 Å². The van der Waals surface area contributed by atoms with E-state index in [9.17, 15) is 4.39 Å². The van der Waals surface area contributed by atoms with E-state index in [1.54, 1.807) is 18.2 Å². The molecular weight excluding hydrogens is 313 g/mol. The summed E-state index contributed by atoms with van der Waals surface area (Å²) in [5, 5.41) is 3.33. The van der Waals surface area contributed by atoms with E-state index in [4.69, 9.17) is 18.9 Å². The molecule has 0 amide bonds. The van der Waals surface area contributed by atoms with Crippen molar-refractivity contribution in [2.75, 3.05) is 26.5 Å². The molecule has 2 atom stereocenters. The Kier molecular flexibility index (Phi) is 4.23. The predicted octanol–water partition coefficient (Wildman–Crippen LogP) is 2.66. The topological polar surface area (TPSA) is 49.0 Å². The second kappa shape index (κ2) is 6.67. The molecule has 2 aliphatic rings.